The largest absolute Gasteiger partial charge is 0.461 e. The summed E-state index contributed by atoms with van der Waals surface area (Å²) >= 11 is 0. The summed E-state index contributed by atoms with van der Waals surface area (Å²) in [6.07, 6.45) is 3.59. The van der Waals surface area contributed by atoms with Crippen molar-refractivity contribution in [2.24, 2.45) is 0 Å². The normalized spacial score (nSPS) is 14.1. The van der Waals surface area contributed by atoms with E-state index in [2.05, 4.69) is 143 Å². The molecule has 6 aromatic carbocycles. The summed E-state index contributed by atoms with van der Waals surface area (Å²) in [4.78, 5) is 2.41. The van der Waals surface area contributed by atoms with E-state index in [9.17, 15) is 0 Å². The predicted octanol–water partition coefficient (Wildman–Crippen LogP) is 12.0. The van der Waals surface area contributed by atoms with Crippen LogP contribution < -0.4 is 4.90 Å². The Morgan fingerprint density at radius 3 is 1.96 bits per heavy atom. The Morgan fingerprint density at radius 1 is 0.440 bits per heavy atom. The van der Waals surface area contributed by atoms with E-state index in [1.807, 2.05) is 12.1 Å². The van der Waals surface area contributed by atoms with E-state index in [0.717, 1.165) is 89.5 Å². The Hall–Kier alpha value is -6.72. The molecule has 1 aliphatic carbocycles. The monoisotopic (exact) mass is 642 g/mol. The van der Waals surface area contributed by atoms with Crippen LogP contribution >= 0.6 is 0 Å². The number of fused-ring (bicyclic) bond motifs is 15. The van der Waals surface area contributed by atoms with E-state index in [-0.39, 0.29) is 0 Å². The van der Waals surface area contributed by atoms with Gasteiger partial charge in [-0.25, -0.2) is 0 Å². The number of hydrogen-bond acceptors (Lipinski definition) is 4. The van der Waals surface area contributed by atoms with Crippen molar-refractivity contribution < 1.29 is 13.3 Å². The van der Waals surface area contributed by atoms with Gasteiger partial charge in [0, 0.05) is 38.4 Å². The first-order valence-electron chi connectivity index (χ1n) is 16.9. The number of hydrogen-bond donors (Lipinski definition) is 0. The van der Waals surface area contributed by atoms with Crippen LogP contribution in [0.5, 0.6) is 0 Å². The van der Waals surface area contributed by atoms with Gasteiger partial charge in [-0.05, 0) is 71.8 Å². The summed E-state index contributed by atoms with van der Waals surface area (Å²) in [5.41, 5.74) is 12.1. The van der Waals surface area contributed by atoms with Crippen molar-refractivity contribution in [3.8, 4) is 17.2 Å². The summed E-state index contributed by atoms with van der Waals surface area (Å²) in [5.74, 6) is 1.57. The Labute approximate surface area is 285 Å². The van der Waals surface area contributed by atoms with Gasteiger partial charge in [0.15, 0.2) is 17.1 Å². The number of para-hydroxylation sites is 5. The Bertz CT molecular complexity index is 2970. The molecule has 0 saturated carbocycles. The van der Waals surface area contributed by atoms with E-state index in [1.165, 1.54) is 10.8 Å². The average molecular weight is 643 g/mol. The lowest BCUT2D eigenvalue weighted by atomic mass is 9.65. The number of nitrogens with zero attached hydrogens (tertiary/aromatic N) is 2. The topological polar surface area (TPSA) is 47.6 Å². The van der Waals surface area contributed by atoms with Gasteiger partial charge in [0.2, 0.25) is 0 Å². The second kappa shape index (κ2) is 9.24. The highest BCUT2D eigenvalue weighted by Gasteiger charge is 2.55. The van der Waals surface area contributed by atoms with Gasteiger partial charge in [0.05, 0.1) is 46.0 Å². The fourth-order valence-corrected chi connectivity index (χ4v) is 9.06. The lowest BCUT2D eigenvalue weighted by Gasteiger charge is -2.44. The molecule has 1 aliphatic heterocycles. The van der Waals surface area contributed by atoms with Crippen LogP contribution in [0.1, 0.15) is 22.3 Å². The smallest absolute Gasteiger partial charge is 0.174 e. The van der Waals surface area contributed by atoms with Gasteiger partial charge in [0.1, 0.15) is 5.58 Å². The minimum atomic E-state index is -0.668. The van der Waals surface area contributed by atoms with Crippen LogP contribution in [0.15, 0.2) is 171 Å². The van der Waals surface area contributed by atoms with Crippen molar-refractivity contribution in [1.82, 2.24) is 4.57 Å². The van der Waals surface area contributed by atoms with Gasteiger partial charge in [-0.3, -0.25) is 0 Å². The molecule has 0 radical (unpaired) electrons. The molecule has 5 heteroatoms. The molecule has 0 atom stereocenters. The summed E-state index contributed by atoms with van der Waals surface area (Å²) in [6.45, 7) is 0. The van der Waals surface area contributed by atoms with Gasteiger partial charge in [-0.15, -0.1) is 0 Å². The SMILES string of the molecule is c1ccc(-n2c3ccccc3c3cc4c(cc32)N(c2cccc3c2oc2ccccc23)c2ccccc2C42c3ccoc3-c3occc32)cc1. The molecule has 0 amide bonds. The van der Waals surface area contributed by atoms with Gasteiger partial charge in [-0.1, -0.05) is 84.9 Å². The third-order valence-corrected chi connectivity index (χ3v) is 11.0. The second-order valence-electron chi connectivity index (χ2n) is 13.3. The van der Waals surface area contributed by atoms with Gasteiger partial charge in [-0.2, -0.15) is 0 Å². The molecular weight excluding hydrogens is 617 g/mol. The zero-order valence-corrected chi connectivity index (χ0v) is 26.6. The van der Waals surface area contributed by atoms with E-state index >= 15 is 0 Å². The van der Waals surface area contributed by atoms with Gasteiger partial charge < -0.3 is 22.7 Å². The van der Waals surface area contributed by atoms with Crippen molar-refractivity contribution in [2.75, 3.05) is 4.90 Å². The fourth-order valence-electron chi connectivity index (χ4n) is 9.06. The molecule has 10 aromatic rings. The fraction of sp³-hybridized carbons (Fsp3) is 0.0222. The van der Waals surface area contributed by atoms with Crippen LogP contribution in [0.2, 0.25) is 0 Å². The maximum Gasteiger partial charge on any atom is 0.174 e. The molecule has 0 bridgehead atoms. The van der Waals surface area contributed by atoms with E-state index < -0.39 is 5.41 Å². The van der Waals surface area contributed by atoms with E-state index in [1.54, 1.807) is 12.5 Å². The minimum absolute atomic E-state index is 0.668. The highest BCUT2D eigenvalue weighted by atomic mass is 16.4. The maximum absolute atomic E-state index is 6.72. The van der Waals surface area contributed by atoms with E-state index in [0.29, 0.717) is 0 Å². The summed E-state index contributed by atoms with van der Waals surface area (Å²) in [7, 11) is 0. The Morgan fingerprint density at radius 2 is 1.12 bits per heavy atom. The zero-order valence-electron chi connectivity index (χ0n) is 26.6. The molecule has 0 saturated heterocycles. The lowest BCUT2D eigenvalue weighted by Crippen LogP contribution is -2.36. The molecular formula is C45H26N2O3. The second-order valence-corrected chi connectivity index (χ2v) is 13.3. The first kappa shape index (κ1) is 26.3. The molecule has 0 unspecified atom stereocenters. The molecule has 5 nitrogen and oxygen atoms in total. The molecule has 12 rings (SSSR count). The maximum atomic E-state index is 6.72. The Balaban J connectivity index is 1.29. The number of benzene rings is 6. The lowest BCUT2D eigenvalue weighted by molar-refractivity contribution is 0.525. The summed E-state index contributed by atoms with van der Waals surface area (Å²) < 4.78 is 21.5. The third-order valence-electron chi connectivity index (χ3n) is 11.0. The molecule has 5 heterocycles. The first-order chi connectivity index (χ1) is 24.8. The summed E-state index contributed by atoms with van der Waals surface area (Å²) in [5, 5.41) is 4.58. The molecule has 234 valence electrons. The van der Waals surface area contributed by atoms with Crippen molar-refractivity contribution in [2.45, 2.75) is 5.41 Å². The van der Waals surface area contributed by atoms with Crippen LogP contribution in [0, 0.1) is 0 Å². The third kappa shape index (κ3) is 3.05. The summed E-state index contributed by atoms with van der Waals surface area (Å²) in [6, 6.07) is 52.0. The quantitative estimate of drug-likeness (QED) is 0.188. The molecule has 4 aromatic heterocycles. The molecule has 0 N–H and O–H groups in total. The number of furan rings is 3. The van der Waals surface area contributed by atoms with Crippen molar-refractivity contribution in [1.29, 1.82) is 0 Å². The molecule has 0 fully saturated rings. The number of rotatable bonds is 2. The zero-order chi connectivity index (χ0) is 32.6. The molecule has 50 heavy (non-hydrogen) atoms. The number of aromatic nitrogens is 1. The van der Waals surface area contributed by atoms with Crippen molar-refractivity contribution in [3.05, 3.63) is 180 Å². The van der Waals surface area contributed by atoms with Gasteiger partial charge in [0.25, 0.3) is 0 Å². The standard InChI is InChI=1S/C45H26N2O3/c1-2-11-27(12-3-1)46-36-17-7-4-13-28(36)31-25-35-40(26-39(31)46)47(38-19-10-15-30-29-14-5-9-20-41(29)50-42(30)38)37-18-8-6-16-32(37)45(35)33-21-23-48-43(33)44-34(45)22-24-49-44/h1-26H. The minimum Gasteiger partial charge on any atom is -0.461 e. The predicted molar refractivity (Wildman–Crippen MR) is 198 cm³/mol. The van der Waals surface area contributed by atoms with Crippen LogP contribution in [0.3, 0.4) is 0 Å². The Kier molecular flexibility index (Phi) is 4.86. The average Bonchev–Trinajstić information content (AvgIpc) is 3.99. The van der Waals surface area contributed by atoms with E-state index in [4.69, 9.17) is 13.3 Å². The molecule has 2 aliphatic rings. The highest BCUT2D eigenvalue weighted by molar-refractivity contribution is 6.14. The number of anilines is 3. The van der Waals surface area contributed by atoms with Crippen LogP contribution in [0.25, 0.3) is 61.0 Å². The van der Waals surface area contributed by atoms with Crippen LogP contribution in [0.4, 0.5) is 17.1 Å². The molecule has 1 spiro atoms. The van der Waals surface area contributed by atoms with Crippen molar-refractivity contribution >= 4 is 60.8 Å². The van der Waals surface area contributed by atoms with Crippen LogP contribution in [-0.4, -0.2) is 4.57 Å². The van der Waals surface area contributed by atoms with Crippen LogP contribution in [-0.2, 0) is 5.41 Å². The van der Waals surface area contributed by atoms with Gasteiger partial charge >= 0.3 is 0 Å². The first-order valence-corrected chi connectivity index (χ1v) is 16.9. The highest BCUT2D eigenvalue weighted by Crippen LogP contribution is 2.65. The van der Waals surface area contributed by atoms with Crippen molar-refractivity contribution in [3.63, 3.8) is 0 Å².